The van der Waals surface area contributed by atoms with Gasteiger partial charge in [-0.2, -0.15) is 0 Å². The standard InChI is InChI=1S/C9H8BrF3N2O3S2/c10-6-3-5(15-20(16,17)4-8(14)19)1-2-7(6)18-9(11,12)13/h1-3,15H,4H2,(H2,14,19). The Morgan fingerprint density at radius 2 is 2.05 bits per heavy atom. The van der Waals surface area contributed by atoms with Crippen LogP contribution in [0.4, 0.5) is 18.9 Å². The highest BCUT2D eigenvalue weighted by Gasteiger charge is 2.32. The molecule has 0 amide bonds. The number of nitrogens with one attached hydrogen (secondary N) is 1. The monoisotopic (exact) mass is 392 g/mol. The van der Waals surface area contributed by atoms with Crippen molar-refractivity contribution in [2.24, 2.45) is 5.73 Å². The molecule has 3 N–H and O–H groups in total. The number of thiocarbonyl (C=S) groups is 1. The Kier molecular flexibility index (Phi) is 5.21. The highest BCUT2D eigenvalue weighted by Crippen LogP contribution is 2.32. The minimum absolute atomic E-state index is 0.0441. The number of benzene rings is 1. The lowest BCUT2D eigenvalue weighted by Gasteiger charge is -2.12. The van der Waals surface area contributed by atoms with Crippen LogP contribution in [-0.4, -0.2) is 25.5 Å². The molecule has 0 aliphatic carbocycles. The topological polar surface area (TPSA) is 81.4 Å². The Hall–Kier alpha value is -1.07. The average Bonchev–Trinajstić information content (AvgIpc) is 2.17. The maximum Gasteiger partial charge on any atom is 0.573 e. The highest BCUT2D eigenvalue weighted by atomic mass is 79.9. The van der Waals surface area contributed by atoms with Crippen molar-refractivity contribution < 1.29 is 26.3 Å². The predicted octanol–water partition coefficient (Wildman–Crippen LogP) is 2.38. The van der Waals surface area contributed by atoms with Crippen LogP contribution in [0.1, 0.15) is 0 Å². The van der Waals surface area contributed by atoms with Gasteiger partial charge in [-0.1, -0.05) is 12.2 Å². The number of alkyl halides is 3. The van der Waals surface area contributed by atoms with Crippen molar-refractivity contribution in [3.8, 4) is 5.75 Å². The second-order valence-corrected chi connectivity index (χ2v) is 6.62. The van der Waals surface area contributed by atoms with E-state index in [0.29, 0.717) is 0 Å². The Labute approximate surface area is 126 Å². The molecule has 0 spiro atoms. The summed E-state index contributed by atoms with van der Waals surface area (Å²) >= 11 is 7.32. The van der Waals surface area contributed by atoms with Gasteiger partial charge in [0.1, 0.15) is 11.5 Å². The van der Waals surface area contributed by atoms with Crippen LogP contribution in [0.5, 0.6) is 5.75 Å². The normalized spacial score (nSPS) is 12.0. The van der Waals surface area contributed by atoms with Crippen molar-refractivity contribution in [3.05, 3.63) is 22.7 Å². The summed E-state index contributed by atoms with van der Waals surface area (Å²) in [6.45, 7) is 0. The van der Waals surface area contributed by atoms with E-state index in [1.54, 1.807) is 0 Å². The number of hydrogen-bond acceptors (Lipinski definition) is 4. The molecule has 0 saturated carbocycles. The fourth-order valence-corrected chi connectivity index (χ4v) is 3.03. The molecule has 0 fully saturated rings. The molecule has 5 nitrogen and oxygen atoms in total. The van der Waals surface area contributed by atoms with Crippen LogP contribution in [0.2, 0.25) is 0 Å². The van der Waals surface area contributed by atoms with Crippen LogP contribution in [-0.2, 0) is 10.0 Å². The van der Waals surface area contributed by atoms with E-state index < -0.39 is 27.9 Å². The summed E-state index contributed by atoms with van der Waals surface area (Å²) in [4.78, 5) is -0.228. The molecule has 0 aliphatic heterocycles. The molecule has 0 atom stereocenters. The van der Waals surface area contributed by atoms with Gasteiger partial charge in [-0.25, -0.2) is 8.42 Å². The molecule has 0 bridgehead atoms. The number of hydrogen-bond donors (Lipinski definition) is 2. The Balaban J connectivity index is 2.91. The smallest absolute Gasteiger partial charge is 0.405 e. The van der Waals surface area contributed by atoms with Gasteiger partial charge in [0.15, 0.2) is 0 Å². The van der Waals surface area contributed by atoms with E-state index in [2.05, 4.69) is 37.6 Å². The molecule has 1 aromatic carbocycles. The van der Waals surface area contributed by atoms with Crippen molar-refractivity contribution in [3.63, 3.8) is 0 Å². The van der Waals surface area contributed by atoms with Crippen molar-refractivity contribution in [2.75, 3.05) is 10.5 Å². The zero-order valence-corrected chi connectivity index (χ0v) is 12.8. The number of ether oxygens (including phenoxy) is 1. The lowest BCUT2D eigenvalue weighted by Crippen LogP contribution is -2.26. The largest absolute Gasteiger partial charge is 0.573 e. The molecular formula is C9H8BrF3N2O3S2. The highest BCUT2D eigenvalue weighted by molar-refractivity contribution is 9.10. The molecular weight excluding hydrogens is 385 g/mol. The van der Waals surface area contributed by atoms with Gasteiger partial charge in [0.2, 0.25) is 10.0 Å². The van der Waals surface area contributed by atoms with E-state index in [-0.39, 0.29) is 15.1 Å². The van der Waals surface area contributed by atoms with E-state index in [4.69, 9.17) is 5.73 Å². The number of sulfonamides is 1. The maximum atomic E-state index is 12.1. The van der Waals surface area contributed by atoms with Gasteiger partial charge in [-0.3, -0.25) is 4.72 Å². The molecule has 11 heteroatoms. The lowest BCUT2D eigenvalue weighted by molar-refractivity contribution is -0.274. The summed E-state index contributed by atoms with van der Waals surface area (Å²) in [5.41, 5.74) is 5.16. The van der Waals surface area contributed by atoms with E-state index in [1.807, 2.05) is 0 Å². The zero-order chi connectivity index (χ0) is 15.6. The summed E-state index contributed by atoms with van der Waals surface area (Å²) < 4.78 is 65.0. The zero-order valence-electron chi connectivity index (χ0n) is 9.57. The Morgan fingerprint density at radius 3 is 2.50 bits per heavy atom. The van der Waals surface area contributed by atoms with E-state index >= 15 is 0 Å². The second kappa shape index (κ2) is 6.14. The first-order chi connectivity index (χ1) is 8.98. The molecule has 1 aromatic rings. The van der Waals surface area contributed by atoms with Gasteiger partial charge in [0.25, 0.3) is 0 Å². The fourth-order valence-electron chi connectivity index (χ4n) is 1.17. The summed E-state index contributed by atoms with van der Waals surface area (Å²) in [5, 5.41) is 0. The second-order valence-electron chi connectivity index (χ2n) is 3.52. The van der Waals surface area contributed by atoms with Gasteiger partial charge < -0.3 is 10.5 Å². The van der Waals surface area contributed by atoms with Crippen LogP contribution in [0.25, 0.3) is 0 Å². The molecule has 112 valence electrons. The lowest BCUT2D eigenvalue weighted by atomic mass is 10.3. The molecule has 1 rings (SSSR count). The van der Waals surface area contributed by atoms with Crippen LogP contribution < -0.4 is 15.2 Å². The maximum absolute atomic E-state index is 12.1. The van der Waals surface area contributed by atoms with Crippen LogP contribution >= 0.6 is 28.1 Å². The van der Waals surface area contributed by atoms with Gasteiger partial charge in [0, 0.05) is 5.69 Å². The number of anilines is 1. The minimum atomic E-state index is -4.84. The number of nitrogens with two attached hydrogens (primary N) is 1. The fraction of sp³-hybridized carbons (Fsp3) is 0.222. The quantitative estimate of drug-likeness (QED) is 0.751. The Bertz CT molecular complexity index is 619. The predicted molar refractivity (Wildman–Crippen MR) is 75.0 cm³/mol. The third-order valence-corrected chi connectivity index (χ3v) is 3.95. The molecule has 0 radical (unpaired) electrons. The summed E-state index contributed by atoms with van der Waals surface area (Å²) in [6, 6.07) is 3.21. The molecule has 0 aliphatic rings. The summed E-state index contributed by atoms with van der Waals surface area (Å²) in [5.74, 6) is -1.06. The number of halogens is 4. The molecule has 0 aromatic heterocycles. The van der Waals surface area contributed by atoms with Gasteiger partial charge in [-0.05, 0) is 34.1 Å². The van der Waals surface area contributed by atoms with Crippen molar-refractivity contribution in [2.45, 2.75) is 6.36 Å². The minimum Gasteiger partial charge on any atom is -0.405 e. The van der Waals surface area contributed by atoms with Gasteiger partial charge in [-0.15, -0.1) is 13.2 Å². The Morgan fingerprint density at radius 1 is 1.45 bits per heavy atom. The third-order valence-electron chi connectivity index (χ3n) is 1.76. The summed E-state index contributed by atoms with van der Waals surface area (Å²) in [7, 11) is -3.80. The van der Waals surface area contributed by atoms with E-state index in [0.717, 1.165) is 18.2 Å². The van der Waals surface area contributed by atoms with Gasteiger partial charge >= 0.3 is 6.36 Å². The van der Waals surface area contributed by atoms with Crippen molar-refractivity contribution in [1.29, 1.82) is 0 Å². The van der Waals surface area contributed by atoms with Crippen LogP contribution in [0, 0.1) is 0 Å². The molecule has 0 heterocycles. The average molecular weight is 393 g/mol. The van der Waals surface area contributed by atoms with E-state index in [1.165, 1.54) is 0 Å². The van der Waals surface area contributed by atoms with Crippen molar-refractivity contribution in [1.82, 2.24) is 0 Å². The first-order valence-electron chi connectivity index (χ1n) is 4.82. The molecule has 0 saturated heterocycles. The summed E-state index contributed by atoms with van der Waals surface area (Å²) in [6.07, 6.45) is -4.84. The number of rotatable bonds is 5. The molecule has 0 unspecified atom stereocenters. The van der Waals surface area contributed by atoms with Crippen LogP contribution in [0.15, 0.2) is 22.7 Å². The first kappa shape index (κ1) is 17.0. The SMILES string of the molecule is NC(=S)CS(=O)(=O)Nc1ccc(OC(F)(F)F)c(Br)c1. The van der Waals surface area contributed by atoms with E-state index in [9.17, 15) is 21.6 Å². The third kappa shape index (κ3) is 5.92. The van der Waals surface area contributed by atoms with Crippen molar-refractivity contribution >= 4 is 48.8 Å². The van der Waals surface area contributed by atoms with Gasteiger partial charge in [0.05, 0.1) is 9.46 Å². The first-order valence-corrected chi connectivity index (χ1v) is 7.68. The molecule has 20 heavy (non-hydrogen) atoms. The van der Waals surface area contributed by atoms with Crippen LogP contribution in [0.3, 0.4) is 0 Å².